The van der Waals surface area contributed by atoms with Crippen LogP contribution >= 0.6 is 0 Å². The molecule has 0 radical (unpaired) electrons. The van der Waals surface area contributed by atoms with E-state index in [9.17, 15) is 0 Å². The number of ether oxygens (including phenoxy) is 2. The lowest BCUT2D eigenvalue weighted by Crippen LogP contribution is -2.48. The smallest absolute Gasteiger partial charge is 0.0772 e. The van der Waals surface area contributed by atoms with Crippen molar-refractivity contribution in [1.29, 1.82) is 0 Å². The van der Waals surface area contributed by atoms with E-state index in [-0.39, 0.29) is 17.6 Å². The molecule has 0 aromatic heterocycles. The van der Waals surface area contributed by atoms with Crippen molar-refractivity contribution < 1.29 is 9.47 Å². The van der Waals surface area contributed by atoms with Crippen LogP contribution in [0, 0.1) is 11.3 Å². The molecule has 3 unspecified atom stereocenters. The van der Waals surface area contributed by atoms with Gasteiger partial charge in [0.25, 0.3) is 0 Å². The minimum Gasteiger partial charge on any atom is -0.385 e. The number of hydrogen-bond donors (Lipinski definition) is 1. The van der Waals surface area contributed by atoms with Gasteiger partial charge in [0.1, 0.15) is 0 Å². The van der Waals surface area contributed by atoms with Gasteiger partial charge in [0.05, 0.1) is 6.10 Å². The highest BCUT2D eigenvalue weighted by Crippen LogP contribution is 2.27. The summed E-state index contributed by atoms with van der Waals surface area (Å²) in [6.45, 7) is 9.38. The molecule has 0 aromatic rings. The van der Waals surface area contributed by atoms with Crippen LogP contribution in [0.4, 0.5) is 0 Å². The van der Waals surface area contributed by atoms with Gasteiger partial charge in [-0.2, -0.15) is 0 Å². The Labute approximate surface area is 94.3 Å². The molecule has 0 aliphatic heterocycles. The first-order valence-corrected chi connectivity index (χ1v) is 5.62. The van der Waals surface area contributed by atoms with Crippen molar-refractivity contribution in [2.75, 3.05) is 20.8 Å². The minimum absolute atomic E-state index is 0.0603. The van der Waals surface area contributed by atoms with Gasteiger partial charge < -0.3 is 15.2 Å². The molecule has 0 aliphatic rings. The maximum absolute atomic E-state index is 6.22. The van der Waals surface area contributed by atoms with E-state index in [1.54, 1.807) is 14.2 Å². The van der Waals surface area contributed by atoms with E-state index in [1.807, 2.05) is 0 Å². The Bertz CT molecular complexity index is 165. The largest absolute Gasteiger partial charge is 0.385 e. The van der Waals surface area contributed by atoms with E-state index in [1.165, 1.54) is 0 Å². The van der Waals surface area contributed by atoms with Gasteiger partial charge in [-0.15, -0.1) is 0 Å². The normalized spacial score (nSPS) is 18.6. The van der Waals surface area contributed by atoms with Crippen molar-refractivity contribution in [1.82, 2.24) is 0 Å². The summed E-state index contributed by atoms with van der Waals surface area (Å²) in [5, 5.41) is 0. The second-order valence-electron chi connectivity index (χ2n) is 5.36. The van der Waals surface area contributed by atoms with Gasteiger partial charge in [-0.05, 0) is 17.8 Å². The summed E-state index contributed by atoms with van der Waals surface area (Å²) in [6.07, 6.45) is 1.07. The van der Waals surface area contributed by atoms with E-state index < -0.39 is 0 Å². The minimum atomic E-state index is 0.0603. The first-order valence-electron chi connectivity index (χ1n) is 5.62. The fourth-order valence-electron chi connectivity index (χ4n) is 1.88. The van der Waals surface area contributed by atoms with E-state index in [0.29, 0.717) is 5.92 Å². The molecular formula is C12H27NO2. The molecule has 2 N–H and O–H groups in total. The molecule has 0 aliphatic carbocycles. The average Bonchev–Trinajstić information content (AvgIpc) is 2.12. The Hall–Kier alpha value is -0.120. The molecule has 15 heavy (non-hydrogen) atoms. The molecule has 3 heteroatoms. The Morgan fingerprint density at radius 3 is 2.07 bits per heavy atom. The van der Waals surface area contributed by atoms with Gasteiger partial charge >= 0.3 is 0 Å². The lowest BCUT2D eigenvalue weighted by atomic mass is 9.80. The van der Waals surface area contributed by atoms with Crippen molar-refractivity contribution in [2.45, 2.75) is 46.3 Å². The summed E-state index contributed by atoms with van der Waals surface area (Å²) in [5.74, 6) is 0.411. The molecular weight excluding hydrogens is 190 g/mol. The summed E-state index contributed by atoms with van der Waals surface area (Å²) in [6, 6.07) is 0.0603. The number of hydrogen-bond acceptors (Lipinski definition) is 3. The second kappa shape index (κ2) is 6.46. The Morgan fingerprint density at radius 1 is 1.20 bits per heavy atom. The van der Waals surface area contributed by atoms with Crippen molar-refractivity contribution >= 4 is 0 Å². The monoisotopic (exact) mass is 217 g/mol. The zero-order chi connectivity index (χ0) is 12.1. The van der Waals surface area contributed by atoms with Gasteiger partial charge in [-0.1, -0.05) is 27.7 Å². The topological polar surface area (TPSA) is 44.5 Å². The van der Waals surface area contributed by atoms with E-state index in [0.717, 1.165) is 13.0 Å². The van der Waals surface area contributed by atoms with Gasteiger partial charge in [0, 0.05) is 26.9 Å². The summed E-state index contributed by atoms with van der Waals surface area (Å²) in [7, 11) is 3.45. The maximum Gasteiger partial charge on any atom is 0.0772 e. The zero-order valence-corrected chi connectivity index (χ0v) is 11.0. The predicted molar refractivity (Wildman–Crippen MR) is 63.9 cm³/mol. The standard InChI is InChI=1S/C12H27NO2/c1-9(7-8-14-5)10(13)11(15-6)12(2,3)4/h9-11H,7-8,13H2,1-6H3. The quantitative estimate of drug-likeness (QED) is 0.740. The van der Waals surface area contributed by atoms with Crippen molar-refractivity contribution in [3.63, 3.8) is 0 Å². The highest BCUT2D eigenvalue weighted by Gasteiger charge is 2.32. The summed E-state index contributed by atoms with van der Waals surface area (Å²) in [5.41, 5.74) is 6.30. The third-order valence-electron chi connectivity index (χ3n) is 2.89. The van der Waals surface area contributed by atoms with Crippen LogP contribution in [0.25, 0.3) is 0 Å². The zero-order valence-electron chi connectivity index (χ0n) is 11.0. The Morgan fingerprint density at radius 2 is 1.73 bits per heavy atom. The maximum atomic E-state index is 6.22. The van der Waals surface area contributed by atoms with Crippen LogP contribution < -0.4 is 5.73 Å². The molecule has 0 heterocycles. The van der Waals surface area contributed by atoms with Crippen LogP contribution in [-0.4, -0.2) is 33.0 Å². The fraction of sp³-hybridized carbons (Fsp3) is 1.00. The molecule has 0 bridgehead atoms. The Kier molecular flexibility index (Phi) is 6.41. The van der Waals surface area contributed by atoms with Gasteiger partial charge in [0.2, 0.25) is 0 Å². The number of methoxy groups -OCH3 is 2. The molecule has 0 saturated carbocycles. The SMILES string of the molecule is COCCC(C)C(N)C(OC)C(C)(C)C. The van der Waals surface area contributed by atoms with Gasteiger partial charge in [0.15, 0.2) is 0 Å². The predicted octanol–water partition coefficient (Wildman–Crippen LogP) is 2.05. The van der Waals surface area contributed by atoms with Crippen molar-refractivity contribution in [2.24, 2.45) is 17.1 Å². The van der Waals surface area contributed by atoms with Gasteiger partial charge in [-0.25, -0.2) is 0 Å². The molecule has 0 spiro atoms. The van der Waals surface area contributed by atoms with Crippen molar-refractivity contribution in [3.05, 3.63) is 0 Å². The number of nitrogens with two attached hydrogens (primary N) is 1. The summed E-state index contributed by atoms with van der Waals surface area (Å²) < 4.78 is 10.6. The van der Waals surface area contributed by atoms with Crippen molar-refractivity contribution in [3.8, 4) is 0 Å². The first kappa shape index (κ1) is 14.9. The molecule has 3 atom stereocenters. The highest BCUT2D eigenvalue weighted by molar-refractivity contribution is 4.86. The molecule has 0 amide bonds. The summed E-state index contributed by atoms with van der Waals surface area (Å²) in [4.78, 5) is 0. The lowest BCUT2D eigenvalue weighted by Gasteiger charge is -2.36. The van der Waals surface area contributed by atoms with Crippen LogP contribution in [0.1, 0.15) is 34.1 Å². The van der Waals surface area contributed by atoms with Crippen LogP contribution in [0.15, 0.2) is 0 Å². The summed E-state index contributed by atoms with van der Waals surface area (Å²) >= 11 is 0. The van der Waals surface area contributed by atoms with Crippen LogP contribution in [-0.2, 0) is 9.47 Å². The molecule has 0 rings (SSSR count). The number of rotatable bonds is 6. The second-order valence-corrected chi connectivity index (χ2v) is 5.36. The van der Waals surface area contributed by atoms with Gasteiger partial charge in [-0.3, -0.25) is 0 Å². The Balaban J connectivity index is 4.31. The van der Waals surface area contributed by atoms with E-state index in [2.05, 4.69) is 27.7 Å². The molecule has 3 nitrogen and oxygen atoms in total. The van der Waals surface area contributed by atoms with Crippen LogP contribution in [0.2, 0.25) is 0 Å². The van der Waals surface area contributed by atoms with Crippen LogP contribution in [0.3, 0.4) is 0 Å². The van der Waals surface area contributed by atoms with Crippen LogP contribution in [0.5, 0.6) is 0 Å². The fourth-order valence-corrected chi connectivity index (χ4v) is 1.88. The van der Waals surface area contributed by atoms with E-state index in [4.69, 9.17) is 15.2 Å². The molecule has 0 saturated heterocycles. The highest BCUT2D eigenvalue weighted by atomic mass is 16.5. The first-order chi connectivity index (χ1) is 6.84. The third kappa shape index (κ3) is 4.96. The molecule has 92 valence electrons. The lowest BCUT2D eigenvalue weighted by molar-refractivity contribution is -0.0168. The van der Waals surface area contributed by atoms with E-state index >= 15 is 0 Å². The molecule has 0 aromatic carbocycles. The molecule has 0 fully saturated rings. The average molecular weight is 217 g/mol. The third-order valence-corrected chi connectivity index (χ3v) is 2.89.